The van der Waals surface area contributed by atoms with Crippen molar-refractivity contribution in [1.82, 2.24) is 4.31 Å². The van der Waals surface area contributed by atoms with Gasteiger partial charge in [0.05, 0.1) is 15.8 Å². The van der Waals surface area contributed by atoms with E-state index in [4.69, 9.17) is 0 Å². The fraction of sp³-hybridized carbons (Fsp3) is 0.103. The molecule has 4 aromatic carbocycles. The van der Waals surface area contributed by atoms with Crippen LogP contribution in [0.2, 0.25) is 0 Å². The van der Waals surface area contributed by atoms with Crippen molar-refractivity contribution in [2.24, 2.45) is 0 Å². The van der Waals surface area contributed by atoms with Crippen molar-refractivity contribution in [3.8, 4) is 0 Å². The third kappa shape index (κ3) is 4.84. The van der Waals surface area contributed by atoms with E-state index in [1.807, 2.05) is 68.4 Å². The van der Waals surface area contributed by atoms with Crippen LogP contribution in [-0.4, -0.2) is 21.1 Å². The molecule has 0 aromatic heterocycles. The molecule has 0 saturated carbocycles. The summed E-state index contributed by atoms with van der Waals surface area (Å²) in [4.78, 5) is 0.881. The van der Waals surface area contributed by atoms with E-state index in [-0.39, 0.29) is 14.0 Å². The van der Waals surface area contributed by atoms with E-state index in [2.05, 4.69) is 0 Å². The van der Waals surface area contributed by atoms with Gasteiger partial charge in [-0.2, -0.15) is 0 Å². The molecule has 5 nitrogen and oxygen atoms in total. The molecule has 1 heterocycles. The van der Waals surface area contributed by atoms with E-state index in [0.29, 0.717) is 10.5 Å². The summed E-state index contributed by atoms with van der Waals surface area (Å²) in [5.74, 6) is 0. The number of rotatable bonds is 5. The summed E-state index contributed by atoms with van der Waals surface area (Å²) in [6.07, 6.45) is 1.28. The number of benzene rings is 4. The molecule has 0 aliphatic carbocycles. The van der Waals surface area contributed by atoms with Gasteiger partial charge in [0.2, 0.25) is 9.84 Å². The van der Waals surface area contributed by atoms with Gasteiger partial charge in [-0.3, -0.25) is 4.31 Å². The Balaban J connectivity index is 1.79. The second-order valence-electron chi connectivity index (χ2n) is 8.87. The Labute approximate surface area is 222 Å². The smallest absolute Gasteiger partial charge is 0.259 e. The van der Waals surface area contributed by atoms with E-state index in [1.54, 1.807) is 48.5 Å². The molecule has 1 atom stereocenters. The van der Waals surface area contributed by atoms with Crippen LogP contribution in [0, 0.1) is 13.8 Å². The summed E-state index contributed by atoms with van der Waals surface area (Å²) in [7, 11) is -8.16. The van der Waals surface area contributed by atoms with Crippen LogP contribution in [0.5, 0.6) is 0 Å². The van der Waals surface area contributed by atoms with Gasteiger partial charge < -0.3 is 0 Å². The third-order valence-corrected chi connectivity index (χ3v) is 11.3. The number of sulfonamides is 1. The monoisotopic (exact) mass is 547 g/mol. The molecule has 0 saturated heterocycles. The molecule has 0 amide bonds. The normalized spacial score (nSPS) is 16.0. The summed E-state index contributed by atoms with van der Waals surface area (Å²) >= 11 is 1.07. The van der Waals surface area contributed by atoms with E-state index in [1.165, 1.54) is 10.5 Å². The van der Waals surface area contributed by atoms with Crippen molar-refractivity contribution in [1.29, 1.82) is 0 Å². The van der Waals surface area contributed by atoms with Crippen LogP contribution in [0.1, 0.15) is 28.3 Å². The number of aryl methyl sites for hydroxylation is 2. The van der Waals surface area contributed by atoms with E-state index >= 15 is 0 Å². The van der Waals surface area contributed by atoms with Gasteiger partial charge in [-0.15, -0.1) is 0 Å². The SMILES string of the molecule is Cc1ccc(S(=O)(=O)C2=CN(S(=O)(=O)c3ccc(C)cc3)[C@H](c3ccccc3)c3ccccc3S2)cc1. The Morgan fingerprint density at radius 2 is 1.19 bits per heavy atom. The first-order chi connectivity index (χ1) is 17.7. The van der Waals surface area contributed by atoms with Crippen LogP contribution in [0.4, 0.5) is 0 Å². The summed E-state index contributed by atoms with van der Waals surface area (Å²) in [6, 6.07) is 29.0. The molecular weight excluding hydrogens is 523 g/mol. The lowest BCUT2D eigenvalue weighted by Gasteiger charge is -2.30. The van der Waals surface area contributed by atoms with Crippen molar-refractivity contribution in [2.75, 3.05) is 0 Å². The molecule has 0 radical (unpaired) electrons. The molecule has 5 rings (SSSR count). The fourth-order valence-electron chi connectivity index (χ4n) is 4.21. The Morgan fingerprint density at radius 1 is 0.649 bits per heavy atom. The highest BCUT2D eigenvalue weighted by molar-refractivity contribution is 8.18. The summed E-state index contributed by atoms with van der Waals surface area (Å²) in [6.45, 7) is 3.76. The van der Waals surface area contributed by atoms with Gasteiger partial charge in [-0.1, -0.05) is 95.7 Å². The third-order valence-electron chi connectivity index (χ3n) is 6.22. The van der Waals surface area contributed by atoms with E-state index in [0.717, 1.165) is 28.5 Å². The minimum absolute atomic E-state index is 0.0575. The summed E-state index contributed by atoms with van der Waals surface area (Å²) in [5, 5.41) is 0. The van der Waals surface area contributed by atoms with Crippen LogP contribution in [0.15, 0.2) is 128 Å². The second kappa shape index (κ2) is 9.85. The zero-order valence-corrected chi connectivity index (χ0v) is 22.7. The minimum atomic E-state index is -4.15. The van der Waals surface area contributed by atoms with E-state index in [9.17, 15) is 16.8 Å². The Bertz CT molecular complexity index is 1680. The highest BCUT2D eigenvalue weighted by atomic mass is 32.3. The van der Waals surface area contributed by atoms with Crippen molar-refractivity contribution in [3.63, 3.8) is 0 Å². The zero-order valence-electron chi connectivity index (χ0n) is 20.3. The number of hydrogen-bond acceptors (Lipinski definition) is 5. The number of hydrogen-bond donors (Lipinski definition) is 0. The highest BCUT2D eigenvalue weighted by Crippen LogP contribution is 2.46. The van der Waals surface area contributed by atoms with Gasteiger partial charge in [0.1, 0.15) is 4.24 Å². The predicted molar refractivity (Wildman–Crippen MR) is 147 cm³/mol. The average Bonchev–Trinajstić information content (AvgIpc) is 3.08. The first-order valence-electron chi connectivity index (χ1n) is 11.6. The fourth-order valence-corrected chi connectivity index (χ4v) is 8.63. The van der Waals surface area contributed by atoms with Gasteiger partial charge in [-0.05, 0) is 55.3 Å². The Morgan fingerprint density at radius 3 is 1.81 bits per heavy atom. The quantitative estimate of drug-likeness (QED) is 0.287. The molecule has 0 bridgehead atoms. The molecule has 0 unspecified atom stereocenters. The molecule has 1 aliphatic rings. The zero-order chi connectivity index (χ0) is 26.2. The molecule has 0 N–H and O–H groups in total. The van der Waals surface area contributed by atoms with Crippen LogP contribution >= 0.6 is 11.8 Å². The van der Waals surface area contributed by atoms with Gasteiger partial charge in [0.25, 0.3) is 10.0 Å². The Kier molecular flexibility index (Phi) is 6.74. The summed E-state index contributed by atoms with van der Waals surface area (Å²) in [5.41, 5.74) is 3.30. The maximum Gasteiger partial charge on any atom is 0.264 e. The lowest BCUT2D eigenvalue weighted by Crippen LogP contribution is -2.31. The van der Waals surface area contributed by atoms with Crippen LogP contribution < -0.4 is 0 Å². The van der Waals surface area contributed by atoms with Crippen molar-refractivity contribution in [2.45, 2.75) is 34.6 Å². The number of thioether (sulfide) groups is 1. The van der Waals surface area contributed by atoms with Gasteiger partial charge in [0.15, 0.2) is 0 Å². The Hall–Kier alpha value is -3.33. The molecule has 4 aromatic rings. The maximum atomic E-state index is 14.2. The van der Waals surface area contributed by atoms with Crippen LogP contribution in [0.25, 0.3) is 0 Å². The van der Waals surface area contributed by atoms with Crippen LogP contribution in [0.3, 0.4) is 0 Å². The second-order valence-corrected chi connectivity index (χ2v) is 14.0. The first-order valence-corrected chi connectivity index (χ1v) is 15.4. The number of sulfone groups is 1. The topological polar surface area (TPSA) is 71.5 Å². The van der Waals surface area contributed by atoms with E-state index < -0.39 is 25.9 Å². The van der Waals surface area contributed by atoms with Crippen molar-refractivity contribution < 1.29 is 16.8 Å². The first kappa shape index (κ1) is 25.3. The van der Waals surface area contributed by atoms with Gasteiger partial charge >= 0.3 is 0 Å². The average molecular weight is 548 g/mol. The standard InChI is InChI=1S/C29H25NO4S3/c1-21-12-16-24(17-13-21)36(31,32)28-20-30(37(33,34)25-18-14-22(2)15-19-25)29(23-8-4-3-5-9-23)26-10-6-7-11-27(26)35-28/h3-20,29H,1-2H3/t29-/m1/s1. The molecule has 0 spiro atoms. The predicted octanol–water partition coefficient (Wildman–Crippen LogP) is 6.46. The summed E-state index contributed by atoms with van der Waals surface area (Å²) < 4.78 is 57.2. The molecule has 1 aliphatic heterocycles. The molecule has 37 heavy (non-hydrogen) atoms. The van der Waals surface area contributed by atoms with Crippen LogP contribution in [-0.2, 0) is 19.9 Å². The lowest BCUT2D eigenvalue weighted by molar-refractivity contribution is 0.447. The molecule has 188 valence electrons. The lowest BCUT2D eigenvalue weighted by atomic mass is 9.99. The molecular formula is C29H25NO4S3. The minimum Gasteiger partial charge on any atom is -0.259 e. The molecule has 0 fully saturated rings. The van der Waals surface area contributed by atoms with Crippen molar-refractivity contribution >= 4 is 31.6 Å². The maximum absolute atomic E-state index is 14.2. The number of nitrogens with zero attached hydrogens (tertiary/aromatic N) is 1. The van der Waals surface area contributed by atoms with Crippen molar-refractivity contribution in [3.05, 3.63) is 136 Å². The van der Waals surface area contributed by atoms with Gasteiger partial charge in [-0.25, -0.2) is 16.8 Å². The number of fused-ring (bicyclic) bond motifs is 1. The van der Waals surface area contributed by atoms with Gasteiger partial charge in [0, 0.05) is 11.1 Å². The highest BCUT2D eigenvalue weighted by Gasteiger charge is 2.38. The molecule has 8 heteroatoms. The largest absolute Gasteiger partial charge is 0.264 e.